The molecule has 3 aromatic heterocycles. The van der Waals surface area contributed by atoms with Crippen LogP contribution in [0.3, 0.4) is 0 Å². The van der Waals surface area contributed by atoms with Crippen LogP contribution in [0.4, 0.5) is 11.5 Å². The zero-order valence-corrected chi connectivity index (χ0v) is 18.9. The number of hydrogen-bond donors (Lipinski definition) is 2. The molecule has 13 heteroatoms. The second kappa shape index (κ2) is 7.39. The Morgan fingerprint density at radius 2 is 2.10 bits per heavy atom. The third-order valence-corrected chi connectivity index (χ3v) is 6.42. The van der Waals surface area contributed by atoms with E-state index < -0.39 is 5.54 Å². The highest BCUT2D eigenvalue weighted by molar-refractivity contribution is 9.10. The number of hydrogen-bond acceptors (Lipinski definition) is 9. The highest BCUT2D eigenvalue weighted by Gasteiger charge is 2.40. The first-order valence-electron chi connectivity index (χ1n) is 9.51. The fourth-order valence-corrected chi connectivity index (χ4v) is 4.84. The lowest BCUT2D eigenvalue weighted by Gasteiger charge is -2.26. The van der Waals surface area contributed by atoms with E-state index in [9.17, 15) is 0 Å². The van der Waals surface area contributed by atoms with E-state index in [1.54, 1.807) is 13.4 Å². The van der Waals surface area contributed by atoms with Gasteiger partial charge in [0, 0.05) is 33.8 Å². The van der Waals surface area contributed by atoms with Crippen molar-refractivity contribution in [1.82, 2.24) is 39.7 Å². The van der Waals surface area contributed by atoms with Crippen LogP contribution >= 0.6 is 27.5 Å². The maximum absolute atomic E-state index is 6.66. The van der Waals surface area contributed by atoms with Crippen LogP contribution in [0, 0.1) is 0 Å². The molecular weight excluding hydrogens is 486 g/mol. The minimum Gasteiger partial charge on any atom is -0.382 e. The third kappa shape index (κ3) is 3.50. The van der Waals surface area contributed by atoms with Crippen LogP contribution < -0.4 is 16.4 Å². The van der Waals surface area contributed by atoms with Gasteiger partial charge < -0.3 is 20.9 Å². The van der Waals surface area contributed by atoms with E-state index in [4.69, 9.17) is 23.1 Å². The highest BCUT2D eigenvalue weighted by Crippen LogP contribution is 2.38. The third-order valence-electron chi connectivity index (χ3n) is 5.49. The Labute approximate surface area is 190 Å². The predicted molar refractivity (Wildman–Crippen MR) is 119 cm³/mol. The molecule has 0 saturated carbocycles. The van der Waals surface area contributed by atoms with Crippen molar-refractivity contribution in [3.63, 3.8) is 0 Å². The minimum absolute atomic E-state index is 0.350. The number of fused-ring (bicyclic) bond motifs is 1. The predicted octanol–water partition coefficient (Wildman–Crippen LogP) is 1.46. The number of nitrogen functional groups attached to an aromatic ring is 1. The van der Waals surface area contributed by atoms with E-state index in [2.05, 4.69) is 51.2 Å². The zero-order chi connectivity index (χ0) is 21.8. The van der Waals surface area contributed by atoms with Crippen LogP contribution in [-0.4, -0.2) is 52.8 Å². The summed E-state index contributed by atoms with van der Waals surface area (Å²) in [5, 5.41) is 13.0. The number of benzene rings is 1. The van der Waals surface area contributed by atoms with Gasteiger partial charge in [-0.3, -0.25) is 0 Å². The van der Waals surface area contributed by atoms with Gasteiger partial charge >= 0.3 is 0 Å². The second-order valence-corrected chi connectivity index (χ2v) is 8.91. The summed E-state index contributed by atoms with van der Waals surface area (Å²) in [7, 11) is 1.73. The average Bonchev–Trinajstić information content (AvgIpc) is 3.44. The number of nitrogens with two attached hydrogens (primary N) is 2. The number of nitrogens with zero attached hydrogens (tertiary/aromatic N) is 9. The Kier molecular flexibility index (Phi) is 4.79. The normalized spacial score (nSPS) is 18.9. The maximum Gasteiger partial charge on any atom is 0.196 e. The van der Waals surface area contributed by atoms with Gasteiger partial charge in [0.1, 0.15) is 11.8 Å². The Bertz CT molecular complexity index is 1280. The summed E-state index contributed by atoms with van der Waals surface area (Å²) in [4.78, 5) is 16.3. The first kappa shape index (κ1) is 20.1. The molecule has 31 heavy (non-hydrogen) atoms. The number of halogens is 2. The molecule has 0 bridgehead atoms. The number of aromatic nitrogens is 8. The molecule has 4 aromatic rings. The first-order valence-corrected chi connectivity index (χ1v) is 10.7. The van der Waals surface area contributed by atoms with Crippen molar-refractivity contribution in [2.75, 3.05) is 23.7 Å². The molecule has 1 fully saturated rings. The van der Waals surface area contributed by atoms with Crippen molar-refractivity contribution >= 4 is 50.2 Å². The van der Waals surface area contributed by atoms with Gasteiger partial charge in [-0.1, -0.05) is 27.5 Å². The minimum atomic E-state index is -0.691. The highest BCUT2D eigenvalue weighted by atomic mass is 79.9. The Balaban J connectivity index is 1.52. The van der Waals surface area contributed by atoms with Crippen LogP contribution in [0.25, 0.3) is 11.2 Å². The summed E-state index contributed by atoms with van der Waals surface area (Å²) < 4.78 is 2.81. The molecule has 0 aliphatic carbocycles. The molecule has 1 atom stereocenters. The van der Waals surface area contributed by atoms with Gasteiger partial charge in [0.15, 0.2) is 17.3 Å². The van der Waals surface area contributed by atoms with Gasteiger partial charge in [0.2, 0.25) is 0 Å². The number of aryl methyl sites for hydroxylation is 1. The molecule has 11 nitrogen and oxygen atoms in total. The summed E-state index contributed by atoms with van der Waals surface area (Å²) in [5.74, 6) is 0.885. The molecule has 5 rings (SSSR count). The van der Waals surface area contributed by atoms with Gasteiger partial charge in [-0.2, -0.15) is 4.80 Å². The summed E-state index contributed by atoms with van der Waals surface area (Å²) >= 11 is 10.1. The summed E-state index contributed by atoms with van der Waals surface area (Å²) in [6, 6.07) is 3.82. The van der Waals surface area contributed by atoms with Gasteiger partial charge in [-0.15, -0.1) is 10.2 Å². The Morgan fingerprint density at radius 1 is 1.26 bits per heavy atom. The Morgan fingerprint density at radius 3 is 2.87 bits per heavy atom. The molecular formula is C18H19BrClN11. The molecule has 4 N–H and O–H groups in total. The molecule has 1 aromatic carbocycles. The molecule has 160 valence electrons. The molecule has 1 saturated heterocycles. The van der Waals surface area contributed by atoms with Gasteiger partial charge in [-0.05, 0) is 23.8 Å². The lowest BCUT2D eigenvalue weighted by molar-refractivity contribution is 0.462. The number of anilines is 2. The summed E-state index contributed by atoms with van der Waals surface area (Å²) in [5.41, 5.74) is 15.1. The van der Waals surface area contributed by atoms with Gasteiger partial charge in [-0.25, -0.2) is 15.0 Å². The molecule has 1 aliphatic rings. The summed E-state index contributed by atoms with van der Waals surface area (Å²) in [6.45, 7) is 1.78. The largest absolute Gasteiger partial charge is 0.382 e. The van der Waals surface area contributed by atoms with Gasteiger partial charge in [0.25, 0.3) is 0 Å². The number of rotatable bonds is 4. The average molecular weight is 505 g/mol. The number of imidazole rings is 1. The molecule has 0 unspecified atom stereocenters. The van der Waals surface area contributed by atoms with E-state index in [0.717, 1.165) is 22.3 Å². The van der Waals surface area contributed by atoms with Crippen molar-refractivity contribution in [2.24, 2.45) is 12.8 Å². The molecule has 0 amide bonds. The lowest BCUT2D eigenvalue weighted by Crippen LogP contribution is -2.41. The second-order valence-electron chi connectivity index (χ2n) is 7.62. The number of tetrazole rings is 1. The van der Waals surface area contributed by atoms with Crippen molar-refractivity contribution in [3.8, 4) is 0 Å². The van der Waals surface area contributed by atoms with Gasteiger partial charge in [0.05, 0.1) is 25.5 Å². The molecule has 1 aliphatic heterocycles. The lowest BCUT2D eigenvalue weighted by atomic mass is 10.00. The van der Waals surface area contributed by atoms with Crippen LogP contribution in [0.15, 0.2) is 29.3 Å². The van der Waals surface area contributed by atoms with E-state index in [-0.39, 0.29) is 0 Å². The smallest absolute Gasteiger partial charge is 0.196 e. The van der Waals surface area contributed by atoms with Crippen molar-refractivity contribution < 1.29 is 0 Å². The standard InChI is InChI=1S/C18H19BrClN11/c1-29-27-17(26-28-29)18(22)2-3-30(7-18)13-5-10(20)4-12(19)11(13)6-31-9-25-14-15(21)23-8-24-16(14)31/h4-5,8-9H,2-3,6-7,22H2,1H3,(H2,21,23,24)/t18-/m1/s1. The van der Waals surface area contributed by atoms with E-state index in [1.807, 2.05) is 16.7 Å². The first-order chi connectivity index (χ1) is 14.8. The quantitative estimate of drug-likeness (QED) is 0.422. The van der Waals surface area contributed by atoms with E-state index in [1.165, 1.54) is 11.1 Å². The SMILES string of the molecule is Cn1nnc([C@@]2(N)CCN(c3cc(Cl)cc(Br)c3Cn3cnc4c(N)ncnc43)C2)n1. The zero-order valence-electron chi connectivity index (χ0n) is 16.6. The van der Waals surface area contributed by atoms with Crippen LogP contribution in [0.5, 0.6) is 0 Å². The fourth-order valence-electron chi connectivity index (χ4n) is 3.92. The Hall–Kier alpha value is -2.83. The van der Waals surface area contributed by atoms with Crippen LogP contribution in [0.2, 0.25) is 5.02 Å². The maximum atomic E-state index is 6.66. The molecule has 0 spiro atoms. The van der Waals surface area contributed by atoms with Crippen molar-refractivity contribution in [1.29, 1.82) is 0 Å². The monoisotopic (exact) mass is 503 g/mol. The molecule has 0 radical (unpaired) electrons. The van der Waals surface area contributed by atoms with E-state index in [0.29, 0.717) is 47.3 Å². The summed E-state index contributed by atoms with van der Waals surface area (Å²) in [6.07, 6.45) is 3.84. The van der Waals surface area contributed by atoms with Crippen LogP contribution in [-0.2, 0) is 19.1 Å². The topological polar surface area (TPSA) is 142 Å². The fraction of sp³-hybridized carbons (Fsp3) is 0.333. The van der Waals surface area contributed by atoms with Crippen molar-refractivity contribution in [2.45, 2.75) is 18.5 Å². The molecule has 4 heterocycles. The van der Waals surface area contributed by atoms with Crippen molar-refractivity contribution in [3.05, 3.63) is 45.7 Å². The van der Waals surface area contributed by atoms with Crippen LogP contribution in [0.1, 0.15) is 17.8 Å². The van der Waals surface area contributed by atoms with E-state index >= 15 is 0 Å².